The molecule has 1 aliphatic rings. The van der Waals surface area contributed by atoms with Crippen LogP contribution in [0.2, 0.25) is 0 Å². The van der Waals surface area contributed by atoms with Crippen molar-refractivity contribution in [3.05, 3.63) is 60.2 Å². The van der Waals surface area contributed by atoms with Gasteiger partial charge in [0.1, 0.15) is 12.4 Å². The fourth-order valence-electron chi connectivity index (χ4n) is 3.35. The summed E-state index contributed by atoms with van der Waals surface area (Å²) in [5.41, 5.74) is 1.25. The molecule has 2 N–H and O–H groups in total. The van der Waals surface area contributed by atoms with Crippen molar-refractivity contribution in [1.29, 1.82) is 0 Å². The van der Waals surface area contributed by atoms with Crippen LogP contribution in [0.4, 0.5) is 28.9 Å². The third-order valence-electron chi connectivity index (χ3n) is 5.07. The summed E-state index contributed by atoms with van der Waals surface area (Å²) in [5, 5.41) is 15.2. The van der Waals surface area contributed by atoms with E-state index in [4.69, 9.17) is 0 Å². The van der Waals surface area contributed by atoms with Crippen molar-refractivity contribution in [3.63, 3.8) is 0 Å². The smallest absolute Gasteiger partial charge is 0.340 e. The number of benzene rings is 2. The Balaban J connectivity index is 1.35. The standard InChI is InChI=1S/C21H17F4N7O3/c22-13-1-5-15(6-2-13)31-10-12(9-17(31)33)19(34)27-14-3-7-16(8-4-14)32-29-18(28-30-32)20(35)26-11-21(23,24)25/h1-8,12H,9-11H2,(H,26,35)(H,27,34). The molecular formula is C21H17F4N7O3. The lowest BCUT2D eigenvalue weighted by atomic mass is 10.1. The Morgan fingerprint density at radius 2 is 1.69 bits per heavy atom. The molecule has 2 heterocycles. The van der Waals surface area contributed by atoms with Crippen LogP contribution in [0.3, 0.4) is 0 Å². The predicted molar refractivity (Wildman–Crippen MR) is 113 cm³/mol. The maximum absolute atomic E-state index is 13.1. The normalized spacial score (nSPS) is 15.8. The summed E-state index contributed by atoms with van der Waals surface area (Å²) in [4.78, 5) is 39.0. The molecular weight excluding hydrogens is 474 g/mol. The fourth-order valence-corrected chi connectivity index (χ4v) is 3.35. The third kappa shape index (κ3) is 5.77. The SMILES string of the molecule is O=C(NCC(F)(F)F)c1nnn(-c2ccc(NC(=O)C3CC(=O)N(c4ccc(F)cc4)C3)cc2)n1. The molecule has 35 heavy (non-hydrogen) atoms. The zero-order valence-corrected chi connectivity index (χ0v) is 17.8. The van der Waals surface area contributed by atoms with Gasteiger partial charge in [0, 0.05) is 24.3 Å². The Hall–Kier alpha value is -4.36. The van der Waals surface area contributed by atoms with Gasteiger partial charge >= 0.3 is 6.18 Å². The maximum Gasteiger partial charge on any atom is 0.405 e. The Morgan fingerprint density at radius 3 is 2.34 bits per heavy atom. The van der Waals surface area contributed by atoms with Gasteiger partial charge in [-0.2, -0.15) is 13.2 Å². The van der Waals surface area contributed by atoms with Crippen LogP contribution in [0, 0.1) is 11.7 Å². The molecule has 1 atom stereocenters. The number of nitrogens with one attached hydrogen (secondary N) is 2. The van der Waals surface area contributed by atoms with E-state index in [1.165, 1.54) is 53.4 Å². The van der Waals surface area contributed by atoms with Crippen molar-refractivity contribution in [2.24, 2.45) is 5.92 Å². The molecule has 0 saturated carbocycles. The number of halogens is 4. The van der Waals surface area contributed by atoms with Crippen LogP contribution in [0.15, 0.2) is 48.5 Å². The molecule has 1 saturated heterocycles. The van der Waals surface area contributed by atoms with E-state index in [9.17, 15) is 31.9 Å². The molecule has 0 radical (unpaired) electrons. The Kier molecular flexibility index (Phi) is 6.44. The van der Waals surface area contributed by atoms with Crippen LogP contribution in [-0.4, -0.2) is 57.2 Å². The number of tetrazole rings is 1. The lowest BCUT2D eigenvalue weighted by Crippen LogP contribution is -2.34. The van der Waals surface area contributed by atoms with Crippen LogP contribution in [0.5, 0.6) is 0 Å². The van der Waals surface area contributed by atoms with Crippen molar-refractivity contribution < 1.29 is 31.9 Å². The van der Waals surface area contributed by atoms with Gasteiger partial charge in [0.15, 0.2) is 0 Å². The molecule has 10 nitrogen and oxygen atoms in total. The summed E-state index contributed by atoms with van der Waals surface area (Å²) in [6.07, 6.45) is -4.57. The van der Waals surface area contributed by atoms with Gasteiger partial charge in [-0.1, -0.05) is 0 Å². The highest BCUT2D eigenvalue weighted by molar-refractivity contribution is 6.03. The molecule has 0 spiro atoms. The van der Waals surface area contributed by atoms with Crippen molar-refractivity contribution in [2.45, 2.75) is 12.6 Å². The largest absolute Gasteiger partial charge is 0.405 e. The number of amides is 3. The van der Waals surface area contributed by atoms with E-state index >= 15 is 0 Å². The number of aromatic nitrogens is 4. The third-order valence-corrected chi connectivity index (χ3v) is 5.07. The molecule has 1 unspecified atom stereocenters. The maximum atomic E-state index is 13.1. The molecule has 2 aromatic carbocycles. The Morgan fingerprint density at radius 1 is 1.03 bits per heavy atom. The number of anilines is 2. The predicted octanol–water partition coefficient (Wildman–Crippen LogP) is 2.09. The van der Waals surface area contributed by atoms with Crippen molar-refractivity contribution >= 4 is 29.1 Å². The van der Waals surface area contributed by atoms with E-state index < -0.39 is 36.2 Å². The number of carbonyl (C=O) groups excluding carboxylic acids is 3. The second kappa shape index (κ2) is 9.48. The van der Waals surface area contributed by atoms with Crippen molar-refractivity contribution in [2.75, 3.05) is 23.3 Å². The van der Waals surface area contributed by atoms with Crippen molar-refractivity contribution in [3.8, 4) is 5.69 Å². The Bertz CT molecular complexity index is 1240. The van der Waals surface area contributed by atoms with Crippen LogP contribution < -0.4 is 15.5 Å². The summed E-state index contributed by atoms with van der Waals surface area (Å²) in [6.45, 7) is -1.38. The minimum absolute atomic E-state index is 0.00332. The van der Waals surface area contributed by atoms with Gasteiger partial charge in [0.05, 0.1) is 11.6 Å². The minimum Gasteiger partial charge on any atom is -0.340 e. The topological polar surface area (TPSA) is 122 Å². The second-order valence-electron chi connectivity index (χ2n) is 7.62. The van der Waals surface area contributed by atoms with E-state index in [1.807, 2.05) is 0 Å². The van der Waals surface area contributed by atoms with E-state index in [-0.39, 0.29) is 24.8 Å². The summed E-state index contributed by atoms with van der Waals surface area (Å²) in [6, 6.07) is 11.5. The lowest BCUT2D eigenvalue weighted by molar-refractivity contribution is -0.123. The first-order valence-corrected chi connectivity index (χ1v) is 10.2. The number of carbonyl (C=O) groups is 3. The summed E-state index contributed by atoms with van der Waals surface area (Å²) < 4.78 is 49.8. The van der Waals surface area contributed by atoms with Crippen LogP contribution >= 0.6 is 0 Å². The Labute approximate surface area is 194 Å². The van der Waals surface area contributed by atoms with E-state index in [2.05, 4.69) is 20.7 Å². The summed E-state index contributed by atoms with van der Waals surface area (Å²) in [5.74, 6) is -3.33. The number of hydrogen-bond donors (Lipinski definition) is 2. The van der Waals surface area contributed by atoms with Crippen LogP contribution in [-0.2, 0) is 9.59 Å². The molecule has 4 rings (SSSR count). The fraction of sp³-hybridized carbons (Fsp3) is 0.238. The van der Waals surface area contributed by atoms with Crippen LogP contribution in [0.1, 0.15) is 17.0 Å². The average molecular weight is 491 g/mol. The first-order chi connectivity index (χ1) is 16.6. The zero-order chi connectivity index (χ0) is 25.2. The molecule has 1 aliphatic heterocycles. The van der Waals surface area contributed by atoms with Gasteiger partial charge in [-0.05, 0) is 53.7 Å². The van der Waals surface area contributed by atoms with Gasteiger partial charge in [-0.15, -0.1) is 15.0 Å². The summed E-state index contributed by atoms with van der Waals surface area (Å²) in [7, 11) is 0. The lowest BCUT2D eigenvalue weighted by Gasteiger charge is -2.16. The highest BCUT2D eigenvalue weighted by Gasteiger charge is 2.35. The number of rotatable bonds is 6. The molecule has 14 heteroatoms. The average Bonchev–Trinajstić information content (AvgIpc) is 3.46. The summed E-state index contributed by atoms with van der Waals surface area (Å²) >= 11 is 0. The molecule has 1 fully saturated rings. The molecule has 3 aromatic rings. The van der Waals surface area contributed by atoms with Gasteiger partial charge in [0.2, 0.25) is 11.8 Å². The number of nitrogens with zero attached hydrogens (tertiary/aromatic N) is 5. The number of hydrogen-bond acceptors (Lipinski definition) is 6. The highest BCUT2D eigenvalue weighted by atomic mass is 19.4. The molecule has 3 amide bonds. The molecule has 1 aromatic heterocycles. The van der Waals surface area contributed by atoms with Crippen molar-refractivity contribution in [1.82, 2.24) is 25.5 Å². The minimum atomic E-state index is -4.57. The quantitative estimate of drug-likeness (QED) is 0.510. The van der Waals surface area contributed by atoms with E-state index in [0.717, 1.165) is 4.80 Å². The first-order valence-electron chi connectivity index (χ1n) is 10.2. The molecule has 0 aliphatic carbocycles. The van der Waals surface area contributed by atoms with E-state index in [0.29, 0.717) is 17.1 Å². The van der Waals surface area contributed by atoms with Gasteiger partial charge in [-0.3, -0.25) is 14.4 Å². The molecule has 0 bridgehead atoms. The monoisotopic (exact) mass is 491 g/mol. The van der Waals surface area contributed by atoms with E-state index in [1.54, 1.807) is 5.32 Å². The number of alkyl halides is 3. The van der Waals surface area contributed by atoms with Gasteiger partial charge in [0.25, 0.3) is 11.7 Å². The van der Waals surface area contributed by atoms with Crippen LogP contribution in [0.25, 0.3) is 5.69 Å². The highest BCUT2D eigenvalue weighted by Crippen LogP contribution is 2.26. The van der Waals surface area contributed by atoms with Gasteiger partial charge < -0.3 is 15.5 Å². The zero-order valence-electron chi connectivity index (χ0n) is 17.8. The molecule has 182 valence electrons. The second-order valence-corrected chi connectivity index (χ2v) is 7.62. The van der Waals surface area contributed by atoms with Gasteiger partial charge in [-0.25, -0.2) is 4.39 Å². The first kappa shape index (κ1) is 23.8.